The van der Waals surface area contributed by atoms with Crippen molar-refractivity contribution in [1.29, 1.82) is 0 Å². The van der Waals surface area contributed by atoms with Crippen molar-refractivity contribution in [3.8, 4) is 10.8 Å². The van der Waals surface area contributed by atoms with Crippen molar-refractivity contribution in [3.63, 3.8) is 0 Å². The fraction of sp³-hybridized carbons (Fsp3) is 0.200. The van der Waals surface area contributed by atoms with E-state index in [9.17, 15) is 0 Å². The van der Waals surface area contributed by atoms with Crippen LogP contribution in [-0.4, -0.2) is 16.7 Å². The van der Waals surface area contributed by atoms with E-state index in [1.807, 2.05) is 30.3 Å². The Labute approximate surface area is 135 Å². The molecule has 0 aliphatic carbocycles. The highest BCUT2D eigenvalue weighted by Gasteiger charge is 2.19. The topological polar surface area (TPSA) is 51.0 Å². The van der Waals surface area contributed by atoms with E-state index in [1.165, 1.54) is 5.56 Å². The SMILES string of the molecule is CCNC(c1ccccc1)c1nnc(-c2ccc(Br)o2)s1. The van der Waals surface area contributed by atoms with Crippen molar-refractivity contribution >= 4 is 27.3 Å². The van der Waals surface area contributed by atoms with E-state index in [4.69, 9.17) is 4.42 Å². The van der Waals surface area contributed by atoms with Crippen LogP contribution in [0.15, 0.2) is 51.6 Å². The highest BCUT2D eigenvalue weighted by molar-refractivity contribution is 9.10. The molecule has 21 heavy (non-hydrogen) atoms. The lowest BCUT2D eigenvalue weighted by Gasteiger charge is -2.14. The first-order chi connectivity index (χ1) is 10.3. The minimum Gasteiger partial charge on any atom is -0.447 e. The summed E-state index contributed by atoms with van der Waals surface area (Å²) in [5.41, 5.74) is 1.18. The first kappa shape index (κ1) is 14.4. The van der Waals surface area contributed by atoms with Crippen LogP contribution in [0.3, 0.4) is 0 Å². The average molecular weight is 364 g/mol. The first-order valence-electron chi connectivity index (χ1n) is 6.65. The third-order valence-corrected chi connectivity index (χ3v) is 4.44. The van der Waals surface area contributed by atoms with Gasteiger partial charge < -0.3 is 9.73 Å². The summed E-state index contributed by atoms with van der Waals surface area (Å²) < 4.78 is 6.23. The number of furan rings is 1. The van der Waals surface area contributed by atoms with Crippen LogP contribution < -0.4 is 5.32 Å². The summed E-state index contributed by atoms with van der Waals surface area (Å²) in [4.78, 5) is 0. The number of benzene rings is 1. The summed E-state index contributed by atoms with van der Waals surface area (Å²) in [6.07, 6.45) is 0. The Balaban J connectivity index is 1.92. The van der Waals surface area contributed by atoms with Gasteiger partial charge in [0.2, 0.25) is 0 Å². The lowest BCUT2D eigenvalue weighted by molar-refractivity contribution is 0.554. The number of hydrogen-bond donors (Lipinski definition) is 1. The molecule has 1 N–H and O–H groups in total. The second kappa shape index (κ2) is 6.51. The van der Waals surface area contributed by atoms with E-state index >= 15 is 0 Å². The molecule has 6 heteroatoms. The van der Waals surface area contributed by atoms with E-state index < -0.39 is 0 Å². The van der Waals surface area contributed by atoms with Crippen molar-refractivity contribution < 1.29 is 4.42 Å². The molecule has 108 valence electrons. The molecule has 0 fully saturated rings. The van der Waals surface area contributed by atoms with E-state index in [2.05, 4.69) is 50.5 Å². The van der Waals surface area contributed by atoms with Crippen molar-refractivity contribution in [1.82, 2.24) is 15.5 Å². The smallest absolute Gasteiger partial charge is 0.183 e. The lowest BCUT2D eigenvalue weighted by atomic mass is 10.1. The van der Waals surface area contributed by atoms with Gasteiger partial charge in [0.25, 0.3) is 0 Å². The van der Waals surface area contributed by atoms with Gasteiger partial charge in [-0.15, -0.1) is 10.2 Å². The summed E-state index contributed by atoms with van der Waals surface area (Å²) in [5.74, 6) is 0.730. The Kier molecular flexibility index (Phi) is 4.48. The molecule has 4 nitrogen and oxygen atoms in total. The molecular formula is C15H14BrN3OS. The molecule has 0 bridgehead atoms. The molecule has 0 aliphatic rings. The molecule has 0 saturated carbocycles. The second-order valence-electron chi connectivity index (χ2n) is 4.45. The summed E-state index contributed by atoms with van der Waals surface area (Å²) in [6.45, 7) is 2.95. The fourth-order valence-corrected chi connectivity index (χ4v) is 3.29. The molecule has 3 rings (SSSR count). The average Bonchev–Trinajstić information content (AvgIpc) is 3.14. The zero-order valence-electron chi connectivity index (χ0n) is 11.4. The second-order valence-corrected chi connectivity index (χ2v) is 6.24. The zero-order chi connectivity index (χ0) is 14.7. The quantitative estimate of drug-likeness (QED) is 0.735. The van der Waals surface area contributed by atoms with Crippen LogP contribution in [0.1, 0.15) is 23.5 Å². The molecule has 3 aromatic rings. The Morgan fingerprint density at radius 2 is 2.00 bits per heavy atom. The molecule has 0 radical (unpaired) electrons. The van der Waals surface area contributed by atoms with Crippen LogP contribution in [0.2, 0.25) is 0 Å². The van der Waals surface area contributed by atoms with Gasteiger partial charge in [-0.05, 0) is 40.2 Å². The number of nitrogens with one attached hydrogen (secondary N) is 1. The highest BCUT2D eigenvalue weighted by Crippen LogP contribution is 2.31. The highest BCUT2D eigenvalue weighted by atomic mass is 79.9. The monoisotopic (exact) mass is 363 g/mol. The van der Waals surface area contributed by atoms with Gasteiger partial charge in [-0.3, -0.25) is 0 Å². The third-order valence-electron chi connectivity index (χ3n) is 3.01. The number of halogens is 1. The fourth-order valence-electron chi connectivity index (χ4n) is 2.08. The van der Waals surface area contributed by atoms with Gasteiger partial charge in [0, 0.05) is 0 Å². The van der Waals surface area contributed by atoms with Crippen molar-refractivity contribution in [2.45, 2.75) is 13.0 Å². The van der Waals surface area contributed by atoms with E-state index in [0.29, 0.717) is 4.67 Å². The Hall–Kier alpha value is -1.50. The molecule has 1 unspecified atom stereocenters. The molecule has 0 spiro atoms. The summed E-state index contributed by atoms with van der Waals surface area (Å²) >= 11 is 4.85. The maximum atomic E-state index is 5.53. The zero-order valence-corrected chi connectivity index (χ0v) is 13.8. The van der Waals surface area contributed by atoms with Gasteiger partial charge >= 0.3 is 0 Å². The summed E-state index contributed by atoms with van der Waals surface area (Å²) in [6, 6.07) is 14.1. The largest absolute Gasteiger partial charge is 0.447 e. The number of aromatic nitrogens is 2. The first-order valence-corrected chi connectivity index (χ1v) is 8.26. The third kappa shape index (κ3) is 3.23. The van der Waals surface area contributed by atoms with E-state index in [-0.39, 0.29) is 6.04 Å². The normalized spacial score (nSPS) is 12.5. The van der Waals surface area contributed by atoms with Crippen molar-refractivity contribution in [3.05, 3.63) is 57.7 Å². The Morgan fingerprint density at radius 1 is 1.19 bits per heavy atom. The molecule has 2 heterocycles. The summed E-state index contributed by atoms with van der Waals surface area (Å²) in [5, 5.41) is 13.7. The minimum absolute atomic E-state index is 0.0563. The molecule has 1 aromatic carbocycles. The van der Waals surface area contributed by atoms with Crippen LogP contribution >= 0.6 is 27.3 Å². The van der Waals surface area contributed by atoms with Gasteiger partial charge in [0.15, 0.2) is 15.4 Å². The maximum absolute atomic E-state index is 5.53. The number of hydrogen-bond acceptors (Lipinski definition) is 5. The van der Waals surface area contributed by atoms with Crippen LogP contribution in [-0.2, 0) is 0 Å². The van der Waals surface area contributed by atoms with Crippen LogP contribution in [0, 0.1) is 0 Å². The molecule has 1 atom stereocenters. The van der Waals surface area contributed by atoms with E-state index in [0.717, 1.165) is 22.3 Å². The number of rotatable bonds is 5. The number of nitrogens with zero attached hydrogens (tertiary/aromatic N) is 2. The van der Waals surface area contributed by atoms with Crippen LogP contribution in [0.5, 0.6) is 0 Å². The van der Waals surface area contributed by atoms with Crippen molar-refractivity contribution in [2.24, 2.45) is 0 Å². The van der Waals surface area contributed by atoms with Gasteiger partial charge in [0.1, 0.15) is 5.01 Å². The molecule has 2 aromatic heterocycles. The molecule has 0 amide bonds. The van der Waals surface area contributed by atoms with Crippen LogP contribution in [0.4, 0.5) is 0 Å². The van der Waals surface area contributed by atoms with Gasteiger partial charge in [0.05, 0.1) is 6.04 Å². The molecule has 0 aliphatic heterocycles. The van der Waals surface area contributed by atoms with Gasteiger partial charge in [-0.2, -0.15) is 0 Å². The lowest BCUT2D eigenvalue weighted by Crippen LogP contribution is -2.21. The maximum Gasteiger partial charge on any atom is 0.183 e. The Morgan fingerprint density at radius 3 is 2.67 bits per heavy atom. The predicted octanol–water partition coefficient (Wildman–Crippen LogP) is 4.26. The van der Waals surface area contributed by atoms with Crippen molar-refractivity contribution in [2.75, 3.05) is 6.54 Å². The Bertz CT molecular complexity index is 711. The van der Waals surface area contributed by atoms with Gasteiger partial charge in [-0.25, -0.2) is 0 Å². The van der Waals surface area contributed by atoms with E-state index in [1.54, 1.807) is 11.3 Å². The molecule has 0 saturated heterocycles. The standard InChI is InChI=1S/C15H14BrN3OS/c1-2-17-13(10-6-4-3-5-7-10)15-19-18-14(21-15)11-8-9-12(16)20-11/h3-9,13,17H,2H2,1H3. The summed E-state index contributed by atoms with van der Waals surface area (Å²) in [7, 11) is 0. The minimum atomic E-state index is 0.0563. The molecular weight excluding hydrogens is 350 g/mol. The van der Waals surface area contributed by atoms with Crippen LogP contribution in [0.25, 0.3) is 10.8 Å². The van der Waals surface area contributed by atoms with Gasteiger partial charge in [-0.1, -0.05) is 48.6 Å². The predicted molar refractivity (Wildman–Crippen MR) is 87.3 cm³/mol.